The van der Waals surface area contributed by atoms with Gasteiger partial charge < -0.3 is 14.9 Å². The molecule has 2 heterocycles. The summed E-state index contributed by atoms with van der Waals surface area (Å²) < 4.78 is 5.23. The molecule has 2 aromatic rings. The van der Waals surface area contributed by atoms with Crippen LogP contribution in [0.4, 0.5) is 0 Å². The number of carbonyl (C=O) groups is 2. The Hall–Kier alpha value is -2.22. The molecule has 2 aromatic heterocycles. The quantitative estimate of drug-likeness (QED) is 0.894. The molecule has 0 fully saturated rings. The van der Waals surface area contributed by atoms with E-state index in [0.717, 1.165) is 48.3 Å². The highest BCUT2D eigenvalue weighted by molar-refractivity contribution is 7.13. The van der Waals surface area contributed by atoms with Gasteiger partial charge in [-0.1, -0.05) is 5.16 Å². The van der Waals surface area contributed by atoms with Crippen LogP contribution in [-0.4, -0.2) is 27.1 Å². The van der Waals surface area contributed by atoms with E-state index < -0.39 is 5.97 Å². The lowest BCUT2D eigenvalue weighted by atomic mass is 9.96. The smallest absolute Gasteiger partial charge is 0.347 e. The predicted molar refractivity (Wildman–Crippen MR) is 78.1 cm³/mol. The third-order valence-corrected chi connectivity index (χ3v) is 4.79. The van der Waals surface area contributed by atoms with Gasteiger partial charge in [0, 0.05) is 12.0 Å². The Bertz CT molecular complexity index is 721. The summed E-state index contributed by atoms with van der Waals surface area (Å²) in [5, 5.41) is 16.1. The van der Waals surface area contributed by atoms with Gasteiger partial charge in [0.1, 0.15) is 15.6 Å². The standard InChI is InChI=1S/C14H15N3O4S/c1-7(13-15-6-10(22-13)14(19)20)16-12(18)11-8-4-2-3-5-9(8)21-17-11/h6-7H,2-5H2,1H3,(H,16,18)(H,19,20). The molecule has 0 saturated carbocycles. The first kappa shape index (κ1) is 14.7. The Morgan fingerprint density at radius 3 is 2.91 bits per heavy atom. The van der Waals surface area contributed by atoms with Crippen molar-refractivity contribution in [1.29, 1.82) is 0 Å². The van der Waals surface area contributed by atoms with Gasteiger partial charge in [-0.25, -0.2) is 9.78 Å². The third-order valence-electron chi connectivity index (χ3n) is 3.62. The van der Waals surface area contributed by atoms with Crippen LogP contribution in [0.5, 0.6) is 0 Å². The van der Waals surface area contributed by atoms with Crippen molar-refractivity contribution in [1.82, 2.24) is 15.5 Å². The molecule has 1 aliphatic rings. The van der Waals surface area contributed by atoms with Crippen LogP contribution in [0.25, 0.3) is 0 Å². The van der Waals surface area contributed by atoms with E-state index in [1.165, 1.54) is 6.20 Å². The van der Waals surface area contributed by atoms with Gasteiger partial charge in [-0.15, -0.1) is 11.3 Å². The zero-order valence-corrected chi connectivity index (χ0v) is 12.8. The number of aromatic carboxylic acids is 1. The van der Waals surface area contributed by atoms with E-state index in [9.17, 15) is 9.59 Å². The highest BCUT2D eigenvalue weighted by Gasteiger charge is 2.25. The van der Waals surface area contributed by atoms with E-state index >= 15 is 0 Å². The number of aromatic nitrogens is 2. The number of hydrogen-bond donors (Lipinski definition) is 2. The van der Waals surface area contributed by atoms with Crippen LogP contribution in [0, 0.1) is 0 Å². The number of carboxylic acids is 1. The molecule has 0 radical (unpaired) electrons. The number of aryl methyl sites for hydroxylation is 1. The fraction of sp³-hybridized carbons (Fsp3) is 0.429. The molecular formula is C14H15N3O4S. The van der Waals surface area contributed by atoms with Crippen LogP contribution >= 0.6 is 11.3 Å². The van der Waals surface area contributed by atoms with Crippen molar-refractivity contribution >= 4 is 23.2 Å². The summed E-state index contributed by atoms with van der Waals surface area (Å²) in [4.78, 5) is 27.4. The number of fused-ring (bicyclic) bond motifs is 1. The predicted octanol–water partition coefficient (Wildman–Crippen LogP) is 2.20. The van der Waals surface area contributed by atoms with Gasteiger partial charge in [0.25, 0.3) is 5.91 Å². The Kier molecular flexibility index (Phi) is 3.93. The molecule has 1 atom stereocenters. The molecule has 0 saturated heterocycles. The maximum absolute atomic E-state index is 12.3. The minimum atomic E-state index is -1.02. The van der Waals surface area contributed by atoms with Crippen molar-refractivity contribution in [3.8, 4) is 0 Å². The Morgan fingerprint density at radius 1 is 1.41 bits per heavy atom. The largest absolute Gasteiger partial charge is 0.477 e. The first-order chi connectivity index (χ1) is 10.6. The number of nitrogens with one attached hydrogen (secondary N) is 1. The Balaban J connectivity index is 1.73. The van der Waals surface area contributed by atoms with Crippen LogP contribution in [0.1, 0.15) is 62.3 Å². The van der Waals surface area contributed by atoms with Gasteiger partial charge in [-0.05, 0) is 26.2 Å². The second-order valence-electron chi connectivity index (χ2n) is 5.20. The number of amides is 1. The summed E-state index contributed by atoms with van der Waals surface area (Å²) in [5.41, 5.74) is 1.22. The minimum Gasteiger partial charge on any atom is -0.477 e. The van der Waals surface area contributed by atoms with E-state index in [1.807, 2.05) is 0 Å². The van der Waals surface area contributed by atoms with E-state index in [4.69, 9.17) is 9.63 Å². The van der Waals surface area contributed by atoms with Gasteiger partial charge in [0.15, 0.2) is 5.69 Å². The molecule has 2 N–H and O–H groups in total. The summed E-state index contributed by atoms with van der Waals surface area (Å²) in [5.74, 6) is -0.536. The lowest BCUT2D eigenvalue weighted by molar-refractivity contribution is 0.0701. The highest BCUT2D eigenvalue weighted by Crippen LogP contribution is 2.25. The van der Waals surface area contributed by atoms with Gasteiger partial charge in [-0.3, -0.25) is 4.79 Å². The average molecular weight is 321 g/mol. The molecule has 0 aromatic carbocycles. The number of thiazole rings is 1. The molecular weight excluding hydrogens is 306 g/mol. The maximum atomic E-state index is 12.3. The average Bonchev–Trinajstić information content (AvgIpc) is 3.14. The molecule has 0 aliphatic heterocycles. The summed E-state index contributed by atoms with van der Waals surface area (Å²) in [7, 11) is 0. The maximum Gasteiger partial charge on any atom is 0.347 e. The lowest BCUT2D eigenvalue weighted by Crippen LogP contribution is -2.28. The SMILES string of the molecule is CC(NC(=O)c1noc2c1CCCC2)c1ncc(C(=O)O)s1. The van der Waals surface area contributed by atoms with Crippen LogP contribution in [0.2, 0.25) is 0 Å². The number of carboxylic acid groups (broad SMARTS) is 1. The third kappa shape index (κ3) is 2.74. The first-order valence-electron chi connectivity index (χ1n) is 7.03. The fourth-order valence-corrected chi connectivity index (χ4v) is 3.24. The molecule has 116 valence electrons. The fourth-order valence-electron chi connectivity index (χ4n) is 2.48. The molecule has 1 amide bonds. The molecule has 8 heteroatoms. The Labute approximate surface area is 130 Å². The van der Waals surface area contributed by atoms with Crippen molar-refractivity contribution in [2.24, 2.45) is 0 Å². The monoisotopic (exact) mass is 321 g/mol. The Morgan fingerprint density at radius 2 is 2.18 bits per heavy atom. The first-order valence-corrected chi connectivity index (χ1v) is 7.85. The molecule has 1 unspecified atom stereocenters. The molecule has 0 spiro atoms. The normalized spacial score (nSPS) is 15.1. The van der Waals surface area contributed by atoms with Crippen molar-refractivity contribution in [2.45, 2.75) is 38.6 Å². The van der Waals surface area contributed by atoms with Crippen LogP contribution in [0.3, 0.4) is 0 Å². The molecule has 7 nitrogen and oxygen atoms in total. The minimum absolute atomic E-state index is 0.148. The van der Waals surface area contributed by atoms with Gasteiger partial charge in [0.05, 0.1) is 12.2 Å². The van der Waals surface area contributed by atoms with E-state index in [-0.39, 0.29) is 16.8 Å². The van der Waals surface area contributed by atoms with Crippen molar-refractivity contribution in [3.63, 3.8) is 0 Å². The van der Waals surface area contributed by atoms with Crippen molar-refractivity contribution in [3.05, 3.63) is 33.1 Å². The number of nitrogens with zero attached hydrogens (tertiary/aromatic N) is 2. The van der Waals surface area contributed by atoms with Crippen LogP contribution in [0.15, 0.2) is 10.7 Å². The van der Waals surface area contributed by atoms with E-state index in [1.54, 1.807) is 6.92 Å². The van der Waals surface area contributed by atoms with E-state index in [2.05, 4.69) is 15.5 Å². The molecule has 3 rings (SSSR count). The lowest BCUT2D eigenvalue weighted by Gasteiger charge is -2.12. The summed E-state index contributed by atoms with van der Waals surface area (Å²) in [6.07, 6.45) is 4.99. The topological polar surface area (TPSA) is 105 Å². The van der Waals surface area contributed by atoms with Gasteiger partial charge in [0.2, 0.25) is 0 Å². The second-order valence-corrected chi connectivity index (χ2v) is 6.27. The molecule has 1 aliphatic carbocycles. The summed E-state index contributed by atoms with van der Waals surface area (Å²) in [6.45, 7) is 1.76. The van der Waals surface area contributed by atoms with Crippen LogP contribution in [-0.2, 0) is 12.8 Å². The highest BCUT2D eigenvalue weighted by atomic mass is 32.1. The zero-order chi connectivity index (χ0) is 15.7. The second kappa shape index (κ2) is 5.88. The van der Waals surface area contributed by atoms with Gasteiger partial charge >= 0.3 is 5.97 Å². The molecule has 0 bridgehead atoms. The van der Waals surface area contributed by atoms with Crippen molar-refractivity contribution in [2.75, 3.05) is 0 Å². The van der Waals surface area contributed by atoms with Gasteiger partial charge in [-0.2, -0.15) is 0 Å². The number of carbonyl (C=O) groups excluding carboxylic acids is 1. The number of rotatable bonds is 4. The molecule has 22 heavy (non-hydrogen) atoms. The van der Waals surface area contributed by atoms with Crippen molar-refractivity contribution < 1.29 is 19.2 Å². The summed E-state index contributed by atoms with van der Waals surface area (Å²) in [6, 6.07) is -0.387. The number of hydrogen-bond acceptors (Lipinski definition) is 6. The summed E-state index contributed by atoms with van der Waals surface area (Å²) >= 11 is 1.05. The zero-order valence-electron chi connectivity index (χ0n) is 12.0. The van der Waals surface area contributed by atoms with E-state index in [0.29, 0.717) is 10.7 Å². The van der Waals surface area contributed by atoms with Crippen LogP contribution < -0.4 is 5.32 Å².